The van der Waals surface area contributed by atoms with Crippen LogP contribution in [0.5, 0.6) is 0 Å². The predicted molar refractivity (Wildman–Crippen MR) is 101 cm³/mol. The Labute approximate surface area is 152 Å². The predicted octanol–water partition coefficient (Wildman–Crippen LogP) is 4.90. The van der Waals surface area contributed by atoms with Crippen molar-refractivity contribution < 1.29 is 9.53 Å². The Morgan fingerprint density at radius 1 is 0.808 bits per heavy atom. The molecule has 0 aromatic heterocycles. The van der Waals surface area contributed by atoms with E-state index in [1.165, 1.54) is 16.7 Å². The van der Waals surface area contributed by atoms with E-state index < -0.39 is 5.60 Å². The molecule has 0 unspecified atom stereocenters. The summed E-state index contributed by atoms with van der Waals surface area (Å²) in [5.41, 5.74) is 6.26. The fourth-order valence-electron chi connectivity index (χ4n) is 4.54. The molecule has 0 heterocycles. The molecule has 2 bridgehead atoms. The molecule has 2 heteroatoms. The zero-order valence-electron chi connectivity index (χ0n) is 14.5. The van der Waals surface area contributed by atoms with Gasteiger partial charge >= 0.3 is 5.97 Å². The zero-order valence-corrected chi connectivity index (χ0v) is 14.5. The van der Waals surface area contributed by atoms with Gasteiger partial charge in [0.1, 0.15) is 0 Å². The molecule has 126 valence electrons. The van der Waals surface area contributed by atoms with Crippen LogP contribution in [0.2, 0.25) is 0 Å². The molecule has 0 fully saturated rings. The quantitative estimate of drug-likeness (QED) is 0.490. The van der Waals surface area contributed by atoms with Gasteiger partial charge in [-0.2, -0.15) is 0 Å². The van der Waals surface area contributed by atoms with E-state index in [9.17, 15) is 4.79 Å². The van der Waals surface area contributed by atoms with Gasteiger partial charge in [0.25, 0.3) is 0 Å². The van der Waals surface area contributed by atoms with E-state index >= 15 is 0 Å². The van der Waals surface area contributed by atoms with E-state index in [2.05, 4.69) is 61.2 Å². The number of rotatable bonds is 2. The van der Waals surface area contributed by atoms with E-state index in [4.69, 9.17) is 4.74 Å². The molecule has 0 atom stereocenters. The van der Waals surface area contributed by atoms with Gasteiger partial charge in [0.05, 0.1) is 0 Å². The lowest BCUT2D eigenvalue weighted by atomic mass is 9.58. The summed E-state index contributed by atoms with van der Waals surface area (Å²) in [6.07, 6.45) is 0. The van der Waals surface area contributed by atoms with E-state index in [0.717, 1.165) is 16.7 Å². The molecule has 0 radical (unpaired) electrons. The molecule has 0 N–H and O–H groups in total. The molecule has 0 aliphatic heterocycles. The highest BCUT2D eigenvalue weighted by atomic mass is 16.6. The van der Waals surface area contributed by atoms with Crippen LogP contribution >= 0.6 is 0 Å². The van der Waals surface area contributed by atoms with Crippen molar-refractivity contribution in [2.75, 3.05) is 0 Å². The summed E-state index contributed by atoms with van der Waals surface area (Å²) in [5, 5.41) is 0. The first-order valence-corrected chi connectivity index (χ1v) is 8.81. The summed E-state index contributed by atoms with van der Waals surface area (Å²) in [6, 6.07) is 24.9. The highest BCUT2D eigenvalue weighted by Gasteiger charge is 2.54. The van der Waals surface area contributed by atoms with Crippen LogP contribution in [0.1, 0.15) is 46.2 Å². The molecule has 3 aromatic rings. The van der Waals surface area contributed by atoms with Crippen LogP contribution in [0.25, 0.3) is 0 Å². The van der Waals surface area contributed by atoms with E-state index in [0.29, 0.717) is 5.57 Å². The number of carbonyl (C=O) groups is 1. The molecule has 3 aromatic carbocycles. The summed E-state index contributed by atoms with van der Waals surface area (Å²) in [7, 11) is 0. The van der Waals surface area contributed by atoms with Crippen molar-refractivity contribution in [3.8, 4) is 0 Å². The first-order valence-electron chi connectivity index (χ1n) is 8.81. The van der Waals surface area contributed by atoms with Crippen LogP contribution in [0.15, 0.2) is 84.9 Å². The van der Waals surface area contributed by atoms with Crippen LogP contribution in [0.4, 0.5) is 0 Å². The third-order valence-corrected chi connectivity index (χ3v) is 5.55. The van der Waals surface area contributed by atoms with Gasteiger partial charge in [-0.25, -0.2) is 4.79 Å². The maximum Gasteiger partial charge on any atom is 0.334 e. The first-order chi connectivity index (χ1) is 12.6. The van der Waals surface area contributed by atoms with Gasteiger partial charge in [-0.3, -0.25) is 0 Å². The molecule has 0 amide bonds. The van der Waals surface area contributed by atoms with Gasteiger partial charge < -0.3 is 4.74 Å². The van der Waals surface area contributed by atoms with Gasteiger partial charge in [-0.05, 0) is 23.6 Å². The second kappa shape index (κ2) is 5.18. The molecule has 3 aliphatic rings. The molecule has 6 rings (SSSR count). The maximum atomic E-state index is 12.7. The molecule has 3 aliphatic carbocycles. The highest BCUT2D eigenvalue weighted by Crippen LogP contribution is 2.59. The van der Waals surface area contributed by atoms with Crippen molar-refractivity contribution in [1.82, 2.24) is 0 Å². The van der Waals surface area contributed by atoms with Crippen molar-refractivity contribution >= 4 is 5.97 Å². The van der Waals surface area contributed by atoms with Crippen molar-refractivity contribution in [3.05, 3.63) is 118 Å². The Bertz CT molecular complexity index is 961. The van der Waals surface area contributed by atoms with Crippen LogP contribution < -0.4 is 0 Å². The van der Waals surface area contributed by atoms with Gasteiger partial charge in [0, 0.05) is 28.2 Å². The van der Waals surface area contributed by atoms with Gasteiger partial charge in [0.2, 0.25) is 0 Å². The Balaban J connectivity index is 1.92. The second-order valence-corrected chi connectivity index (χ2v) is 7.05. The smallest absolute Gasteiger partial charge is 0.334 e. The lowest BCUT2D eigenvalue weighted by Gasteiger charge is -2.49. The van der Waals surface area contributed by atoms with Gasteiger partial charge in [-0.15, -0.1) is 0 Å². The highest BCUT2D eigenvalue weighted by molar-refractivity contribution is 5.89. The minimum atomic E-state index is -0.922. The summed E-state index contributed by atoms with van der Waals surface area (Å²) in [5.74, 6) is -0.200. The van der Waals surface area contributed by atoms with Crippen LogP contribution in [0, 0.1) is 0 Å². The molecule has 0 saturated heterocycles. The molecular formula is C24H18O2. The maximum absolute atomic E-state index is 12.7. The van der Waals surface area contributed by atoms with Gasteiger partial charge in [-0.1, -0.05) is 79.4 Å². The SMILES string of the molecule is C=C(C)C(=O)OC12c3ccccc3C(c3ccccc31)c1ccccc12. The Hall–Kier alpha value is -3.13. The number of carbonyl (C=O) groups excluding carboxylic acids is 1. The molecular weight excluding hydrogens is 320 g/mol. The van der Waals surface area contributed by atoms with E-state index in [-0.39, 0.29) is 11.9 Å². The molecule has 0 spiro atoms. The van der Waals surface area contributed by atoms with Crippen LogP contribution in [-0.4, -0.2) is 5.97 Å². The Kier molecular flexibility index (Phi) is 3.02. The fourth-order valence-corrected chi connectivity index (χ4v) is 4.54. The fraction of sp³-hybridized carbons (Fsp3) is 0.125. The van der Waals surface area contributed by atoms with Crippen LogP contribution in [0.3, 0.4) is 0 Å². The number of esters is 1. The third-order valence-electron chi connectivity index (χ3n) is 5.55. The van der Waals surface area contributed by atoms with Gasteiger partial charge in [0.15, 0.2) is 5.60 Å². The first kappa shape index (κ1) is 15.2. The number of benzene rings is 3. The van der Waals surface area contributed by atoms with Crippen molar-refractivity contribution in [1.29, 1.82) is 0 Å². The van der Waals surface area contributed by atoms with E-state index in [1.54, 1.807) is 6.92 Å². The van der Waals surface area contributed by atoms with Crippen molar-refractivity contribution in [2.45, 2.75) is 18.4 Å². The Morgan fingerprint density at radius 3 is 1.58 bits per heavy atom. The second-order valence-electron chi connectivity index (χ2n) is 7.05. The number of ether oxygens (including phenoxy) is 1. The van der Waals surface area contributed by atoms with Crippen molar-refractivity contribution in [2.24, 2.45) is 0 Å². The molecule has 0 saturated carbocycles. The lowest BCUT2D eigenvalue weighted by Crippen LogP contribution is -2.45. The minimum Gasteiger partial charge on any atom is -0.441 e. The summed E-state index contributed by atoms with van der Waals surface area (Å²) >= 11 is 0. The average Bonchev–Trinajstić information content (AvgIpc) is 2.68. The minimum absolute atomic E-state index is 0.170. The Morgan fingerprint density at radius 2 is 1.19 bits per heavy atom. The monoisotopic (exact) mass is 338 g/mol. The van der Waals surface area contributed by atoms with E-state index in [1.807, 2.05) is 18.2 Å². The number of hydrogen-bond acceptors (Lipinski definition) is 2. The normalized spacial score (nSPS) is 21.3. The summed E-state index contributed by atoms with van der Waals surface area (Å²) in [6.45, 7) is 5.48. The lowest BCUT2D eigenvalue weighted by molar-refractivity contribution is -0.149. The van der Waals surface area contributed by atoms with Crippen LogP contribution in [-0.2, 0) is 15.1 Å². The molecule has 26 heavy (non-hydrogen) atoms. The zero-order chi connectivity index (χ0) is 17.9. The number of hydrogen-bond donors (Lipinski definition) is 0. The average molecular weight is 338 g/mol. The molecule has 2 nitrogen and oxygen atoms in total. The standard InChI is InChI=1S/C24H18O2/c1-15(2)23(25)26-24-19-12-6-3-9-16(19)22(17-10-4-7-13-20(17)24)18-11-5-8-14-21(18)24/h3-14,22H,1H2,2H3. The third kappa shape index (κ3) is 1.74. The van der Waals surface area contributed by atoms with Crippen molar-refractivity contribution in [3.63, 3.8) is 0 Å². The summed E-state index contributed by atoms with van der Waals surface area (Å²) in [4.78, 5) is 12.7. The summed E-state index contributed by atoms with van der Waals surface area (Å²) < 4.78 is 6.27. The topological polar surface area (TPSA) is 26.3 Å². The largest absolute Gasteiger partial charge is 0.441 e.